The molecule has 0 spiro atoms. The van der Waals surface area contributed by atoms with E-state index in [1.165, 1.54) is 0 Å². The monoisotopic (exact) mass is 342 g/mol. The van der Waals surface area contributed by atoms with E-state index in [0.717, 1.165) is 41.8 Å². The van der Waals surface area contributed by atoms with Crippen molar-refractivity contribution in [3.8, 4) is 5.75 Å². The molecule has 20 heavy (non-hydrogen) atoms. The van der Waals surface area contributed by atoms with Gasteiger partial charge < -0.3 is 20.5 Å². The average molecular weight is 343 g/mol. The molecule has 1 aromatic rings. The summed E-state index contributed by atoms with van der Waals surface area (Å²) in [4.78, 5) is 0. The standard InChI is InChI=1S/C15H23BrN2O2/c1-15(6-3-7-20-15)10-18-13(9-17)12-8-11(16)4-5-14(12)19-2/h4-5,8,13,18H,3,6-7,9-10,17H2,1-2H3. The molecule has 4 nitrogen and oxygen atoms in total. The Morgan fingerprint density at radius 2 is 2.35 bits per heavy atom. The molecule has 1 fully saturated rings. The van der Waals surface area contributed by atoms with Crippen LogP contribution < -0.4 is 15.8 Å². The van der Waals surface area contributed by atoms with Gasteiger partial charge >= 0.3 is 0 Å². The number of rotatable bonds is 6. The predicted molar refractivity (Wildman–Crippen MR) is 84.1 cm³/mol. The van der Waals surface area contributed by atoms with Crippen LogP contribution in [-0.4, -0.2) is 32.4 Å². The van der Waals surface area contributed by atoms with Crippen molar-refractivity contribution in [2.75, 3.05) is 26.8 Å². The van der Waals surface area contributed by atoms with Crippen LogP contribution in [0.4, 0.5) is 0 Å². The molecule has 2 rings (SSSR count). The zero-order chi connectivity index (χ0) is 14.6. The Morgan fingerprint density at radius 3 is 2.95 bits per heavy atom. The first-order valence-corrected chi connectivity index (χ1v) is 7.78. The van der Waals surface area contributed by atoms with Gasteiger partial charge in [0.25, 0.3) is 0 Å². The Bertz CT molecular complexity index is 447. The van der Waals surface area contributed by atoms with Gasteiger partial charge in [-0.25, -0.2) is 0 Å². The van der Waals surface area contributed by atoms with Gasteiger partial charge in [-0.3, -0.25) is 0 Å². The minimum atomic E-state index is -0.0767. The molecule has 2 unspecified atom stereocenters. The Morgan fingerprint density at radius 1 is 1.55 bits per heavy atom. The molecule has 1 aliphatic heterocycles. The summed E-state index contributed by atoms with van der Waals surface area (Å²) < 4.78 is 12.3. The molecule has 1 aromatic carbocycles. The molecule has 0 radical (unpaired) electrons. The van der Waals surface area contributed by atoms with Gasteiger partial charge in [0, 0.05) is 35.8 Å². The minimum absolute atomic E-state index is 0.0588. The lowest BCUT2D eigenvalue weighted by atomic mass is 10.0. The van der Waals surface area contributed by atoms with Crippen molar-refractivity contribution in [1.29, 1.82) is 0 Å². The van der Waals surface area contributed by atoms with Crippen LogP contribution in [0.15, 0.2) is 22.7 Å². The zero-order valence-corrected chi connectivity index (χ0v) is 13.7. The number of hydrogen-bond acceptors (Lipinski definition) is 4. The maximum Gasteiger partial charge on any atom is 0.123 e. The normalized spacial score (nSPS) is 23.8. The first-order chi connectivity index (χ1) is 9.58. The highest BCUT2D eigenvalue weighted by Crippen LogP contribution is 2.30. The van der Waals surface area contributed by atoms with Gasteiger partial charge in [0.1, 0.15) is 5.75 Å². The van der Waals surface area contributed by atoms with E-state index in [-0.39, 0.29) is 11.6 Å². The van der Waals surface area contributed by atoms with Crippen molar-refractivity contribution in [3.05, 3.63) is 28.2 Å². The largest absolute Gasteiger partial charge is 0.496 e. The summed E-state index contributed by atoms with van der Waals surface area (Å²) in [6, 6.07) is 6.04. The van der Waals surface area contributed by atoms with E-state index in [4.69, 9.17) is 15.2 Å². The van der Waals surface area contributed by atoms with E-state index in [0.29, 0.717) is 6.54 Å². The highest BCUT2D eigenvalue weighted by atomic mass is 79.9. The second-order valence-electron chi connectivity index (χ2n) is 5.46. The van der Waals surface area contributed by atoms with Crippen molar-refractivity contribution >= 4 is 15.9 Å². The first-order valence-electron chi connectivity index (χ1n) is 6.99. The van der Waals surface area contributed by atoms with Crippen molar-refractivity contribution in [1.82, 2.24) is 5.32 Å². The van der Waals surface area contributed by atoms with Crippen LogP contribution in [0.1, 0.15) is 31.4 Å². The van der Waals surface area contributed by atoms with E-state index < -0.39 is 0 Å². The van der Waals surface area contributed by atoms with Crippen LogP contribution in [0.3, 0.4) is 0 Å². The van der Waals surface area contributed by atoms with Gasteiger partial charge in [-0.15, -0.1) is 0 Å². The second-order valence-corrected chi connectivity index (χ2v) is 6.37. The molecule has 0 amide bonds. The summed E-state index contributed by atoms with van der Waals surface area (Å²) in [6.45, 7) is 4.32. The van der Waals surface area contributed by atoms with Crippen molar-refractivity contribution < 1.29 is 9.47 Å². The van der Waals surface area contributed by atoms with Gasteiger partial charge in [-0.05, 0) is 38.0 Å². The van der Waals surface area contributed by atoms with Gasteiger partial charge in [-0.2, -0.15) is 0 Å². The molecule has 3 N–H and O–H groups in total. The van der Waals surface area contributed by atoms with Crippen molar-refractivity contribution in [3.63, 3.8) is 0 Å². The summed E-state index contributed by atoms with van der Waals surface area (Å²) in [5.41, 5.74) is 6.93. The van der Waals surface area contributed by atoms with E-state index in [1.807, 2.05) is 12.1 Å². The fourth-order valence-corrected chi connectivity index (χ4v) is 2.99. The van der Waals surface area contributed by atoms with Gasteiger partial charge in [-0.1, -0.05) is 15.9 Å². The summed E-state index contributed by atoms with van der Waals surface area (Å²) in [6.07, 6.45) is 2.22. The summed E-state index contributed by atoms with van der Waals surface area (Å²) in [7, 11) is 1.68. The summed E-state index contributed by atoms with van der Waals surface area (Å²) in [5, 5.41) is 3.52. The molecule has 0 bridgehead atoms. The van der Waals surface area contributed by atoms with Crippen LogP contribution >= 0.6 is 15.9 Å². The van der Waals surface area contributed by atoms with Gasteiger partial charge in [0.15, 0.2) is 0 Å². The molecular weight excluding hydrogens is 320 g/mol. The third-order valence-electron chi connectivity index (χ3n) is 3.83. The maximum atomic E-state index is 5.93. The number of methoxy groups -OCH3 is 1. The lowest BCUT2D eigenvalue weighted by Crippen LogP contribution is -2.41. The lowest BCUT2D eigenvalue weighted by Gasteiger charge is -2.28. The van der Waals surface area contributed by atoms with Crippen LogP contribution in [0.5, 0.6) is 5.75 Å². The molecular formula is C15H23BrN2O2. The van der Waals surface area contributed by atoms with Crippen molar-refractivity contribution in [2.45, 2.75) is 31.4 Å². The average Bonchev–Trinajstić information content (AvgIpc) is 2.87. The number of halogens is 1. The molecule has 5 heteroatoms. The highest BCUT2D eigenvalue weighted by Gasteiger charge is 2.30. The molecule has 2 atom stereocenters. The van der Waals surface area contributed by atoms with E-state index >= 15 is 0 Å². The fraction of sp³-hybridized carbons (Fsp3) is 0.600. The zero-order valence-electron chi connectivity index (χ0n) is 12.1. The Balaban J connectivity index is 2.09. The number of benzene rings is 1. The van der Waals surface area contributed by atoms with E-state index in [2.05, 4.69) is 34.2 Å². The molecule has 112 valence electrons. The third kappa shape index (κ3) is 3.73. The van der Waals surface area contributed by atoms with Gasteiger partial charge in [0.2, 0.25) is 0 Å². The number of nitrogens with one attached hydrogen (secondary N) is 1. The molecule has 0 aromatic heterocycles. The summed E-state index contributed by atoms with van der Waals surface area (Å²) >= 11 is 3.50. The second kappa shape index (κ2) is 6.89. The SMILES string of the molecule is COc1ccc(Br)cc1C(CN)NCC1(C)CCCO1. The number of hydrogen-bond donors (Lipinski definition) is 2. The molecule has 1 aliphatic rings. The third-order valence-corrected chi connectivity index (χ3v) is 4.32. The minimum Gasteiger partial charge on any atom is -0.496 e. The Hall–Kier alpha value is -0.620. The van der Waals surface area contributed by atoms with Crippen LogP contribution in [0.2, 0.25) is 0 Å². The Kier molecular flexibility index (Phi) is 5.43. The molecule has 1 saturated heterocycles. The van der Waals surface area contributed by atoms with Crippen molar-refractivity contribution in [2.24, 2.45) is 5.73 Å². The number of nitrogens with two attached hydrogens (primary N) is 1. The van der Waals surface area contributed by atoms with Crippen LogP contribution in [-0.2, 0) is 4.74 Å². The van der Waals surface area contributed by atoms with E-state index in [9.17, 15) is 0 Å². The molecule has 0 aliphatic carbocycles. The van der Waals surface area contributed by atoms with Crippen LogP contribution in [0.25, 0.3) is 0 Å². The molecule has 1 heterocycles. The van der Waals surface area contributed by atoms with Crippen LogP contribution in [0, 0.1) is 0 Å². The number of ether oxygens (including phenoxy) is 2. The molecule has 0 saturated carbocycles. The summed E-state index contributed by atoms with van der Waals surface area (Å²) in [5.74, 6) is 0.855. The smallest absolute Gasteiger partial charge is 0.123 e. The quantitative estimate of drug-likeness (QED) is 0.834. The Labute approximate surface area is 129 Å². The lowest BCUT2D eigenvalue weighted by molar-refractivity contribution is 0.0188. The first kappa shape index (κ1) is 15.8. The highest BCUT2D eigenvalue weighted by molar-refractivity contribution is 9.10. The van der Waals surface area contributed by atoms with Gasteiger partial charge in [0.05, 0.1) is 12.7 Å². The predicted octanol–water partition coefficient (Wildman–Crippen LogP) is 2.62. The maximum absolute atomic E-state index is 5.93. The fourth-order valence-electron chi connectivity index (χ4n) is 2.61. The topological polar surface area (TPSA) is 56.5 Å². The van der Waals surface area contributed by atoms with E-state index in [1.54, 1.807) is 7.11 Å².